The molecule has 1 spiro atoms. The summed E-state index contributed by atoms with van der Waals surface area (Å²) < 4.78 is 0. The molecule has 0 bridgehead atoms. The molecule has 3 rings (SSSR count). The Morgan fingerprint density at radius 1 is 1.22 bits per heavy atom. The van der Waals surface area contributed by atoms with Gasteiger partial charge < -0.3 is 15.5 Å². The van der Waals surface area contributed by atoms with E-state index < -0.39 is 0 Å². The number of amides is 3. The van der Waals surface area contributed by atoms with Crippen molar-refractivity contribution >= 4 is 17.7 Å². The van der Waals surface area contributed by atoms with E-state index in [4.69, 9.17) is 5.73 Å². The third-order valence-corrected chi connectivity index (χ3v) is 6.36. The first kappa shape index (κ1) is 20.1. The van der Waals surface area contributed by atoms with Crippen LogP contribution in [0.4, 0.5) is 0 Å². The second-order valence-electron chi connectivity index (χ2n) is 9.21. The number of nitrogens with zero attached hydrogens (tertiary/aromatic N) is 3. The molecule has 0 aliphatic carbocycles. The molecule has 27 heavy (non-hydrogen) atoms. The summed E-state index contributed by atoms with van der Waals surface area (Å²) in [5.74, 6) is 0.607. The van der Waals surface area contributed by atoms with E-state index in [0.717, 1.165) is 58.4 Å². The second kappa shape index (κ2) is 8.17. The molecule has 1 atom stereocenters. The van der Waals surface area contributed by atoms with Gasteiger partial charge in [-0.05, 0) is 38.1 Å². The lowest BCUT2D eigenvalue weighted by Gasteiger charge is -2.41. The Hall–Kier alpha value is -1.63. The monoisotopic (exact) mass is 378 g/mol. The topological polar surface area (TPSA) is 86.9 Å². The Labute approximate surface area is 162 Å². The van der Waals surface area contributed by atoms with Crippen molar-refractivity contribution in [3.05, 3.63) is 0 Å². The van der Waals surface area contributed by atoms with Crippen LogP contribution in [-0.4, -0.2) is 78.2 Å². The maximum absolute atomic E-state index is 13.0. The van der Waals surface area contributed by atoms with E-state index in [-0.39, 0.29) is 35.6 Å². The van der Waals surface area contributed by atoms with Crippen molar-refractivity contribution in [3.63, 3.8) is 0 Å². The molecular weight excluding hydrogens is 344 g/mol. The number of carbonyl (C=O) groups is 3. The average Bonchev–Trinajstić information content (AvgIpc) is 2.89. The molecule has 7 nitrogen and oxygen atoms in total. The van der Waals surface area contributed by atoms with Gasteiger partial charge in [-0.15, -0.1) is 0 Å². The van der Waals surface area contributed by atoms with E-state index in [1.54, 1.807) is 0 Å². The number of rotatable bonds is 5. The average molecular weight is 379 g/mol. The number of primary amides is 1. The van der Waals surface area contributed by atoms with Crippen LogP contribution in [-0.2, 0) is 14.4 Å². The summed E-state index contributed by atoms with van der Waals surface area (Å²) in [4.78, 5) is 42.5. The fraction of sp³-hybridized carbons (Fsp3) is 0.850. The summed E-state index contributed by atoms with van der Waals surface area (Å²) in [6, 6.07) is 0. The van der Waals surface area contributed by atoms with Gasteiger partial charge in [-0.3, -0.25) is 19.3 Å². The first-order valence-corrected chi connectivity index (χ1v) is 10.4. The Balaban J connectivity index is 1.52. The van der Waals surface area contributed by atoms with Crippen LogP contribution in [0.25, 0.3) is 0 Å². The molecule has 0 unspecified atom stereocenters. The van der Waals surface area contributed by atoms with E-state index >= 15 is 0 Å². The maximum atomic E-state index is 13.0. The predicted octanol–water partition coefficient (Wildman–Crippen LogP) is 0.681. The van der Waals surface area contributed by atoms with Crippen LogP contribution in [0.3, 0.4) is 0 Å². The van der Waals surface area contributed by atoms with Gasteiger partial charge in [-0.2, -0.15) is 0 Å². The van der Waals surface area contributed by atoms with Crippen molar-refractivity contribution in [2.45, 2.75) is 46.0 Å². The van der Waals surface area contributed by atoms with Gasteiger partial charge in [-0.1, -0.05) is 13.8 Å². The molecule has 3 heterocycles. The maximum Gasteiger partial charge on any atom is 0.231 e. The Kier molecular flexibility index (Phi) is 6.08. The summed E-state index contributed by atoms with van der Waals surface area (Å²) in [7, 11) is 0. The standard InChI is InChI=1S/C20H34N4O3/c1-15(2)11-24-14-20(10-18(24)26)5-8-23(9-6-20)19(27)16-4-3-7-22(12-16)13-17(21)25/h15-16H,3-14H2,1-2H3,(H2,21,25)/t16-/m1/s1. The van der Waals surface area contributed by atoms with Gasteiger partial charge >= 0.3 is 0 Å². The van der Waals surface area contributed by atoms with Gasteiger partial charge in [0.2, 0.25) is 17.7 Å². The number of likely N-dealkylation sites (tertiary alicyclic amines) is 3. The van der Waals surface area contributed by atoms with E-state index in [1.165, 1.54) is 0 Å². The zero-order valence-electron chi connectivity index (χ0n) is 16.8. The third kappa shape index (κ3) is 4.81. The Bertz CT molecular complexity index is 584. The van der Waals surface area contributed by atoms with Gasteiger partial charge in [0.1, 0.15) is 0 Å². The third-order valence-electron chi connectivity index (χ3n) is 6.36. The minimum absolute atomic E-state index is 0.0326. The first-order chi connectivity index (χ1) is 12.8. The summed E-state index contributed by atoms with van der Waals surface area (Å²) in [6.45, 7) is 9.16. The van der Waals surface area contributed by atoms with Crippen LogP contribution in [0.2, 0.25) is 0 Å². The molecule has 7 heteroatoms. The van der Waals surface area contributed by atoms with Crippen LogP contribution >= 0.6 is 0 Å². The molecule has 0 aromatic rings. The minimum Gasteiger partial charge on any atom is -0.369 e. The van der Waals surface area contributed by atoms with Crippen LogP contribution in [0, 0.1) is 17.3 Å². The highest BCUT2D eigenvalue weighted by Crippen LogP contribution is 2.41. The van der Waals surface area contributed by atoms with Gasteiger partial charge in [0.25, 0.3) is 0 Å². The Morgan fingerprint density at radius 2 is 1.93 bits per heavy atom. The van der Waals surface area contributed by atoms with Crippen LogP contribution < -0.4 is 5.73 Å². The highest BCUT2D eigenvalue weighted by Gasteiger charge is 2.46. The number of carbonyl (C=O) groups excluding carboxylic acids is 3. The summed E-state index contributed by atoms with van der Waals surface area (Å²) in [5, 5.41) is 0. The Morgan fingerprint density at radius 3 is 2.56 bits per heavy atom. The van der Waals surface area contributed by atoms with E-state index in [2.05, 4.69) is 13.8 Å². The number of piperidine rings is 2. The molecule has 0 radical (unpaired) electrons. The van der Waals surface area contributed by atoms with Crippen LogP contribution in [0.15, 0.2) is 0 Å². The van der Waals surface area contributed by atoms with Crippen molar-refractivity contribution in [2.24, 2.45) is 23.0 Å². The molecule has 0 aromatic carbocycles. The number of nitrogens with two attached hydrogens (primary N) is 1. The smallest absolute Gasteiger partial charge is 0.231 e. The van der Waals surface area contributed by atoms with Crippen molar-refractivity contribution < 1.29 is 14.4 Å². The summed E-state index contributed by atoms with van der Waals surface area (Å²) in [5.41, 5.74) is 5.36. The predicted molar refractivity (Wildman–Crippen MR) is 103 cm³/mol. The van der Waals surface area contributed by atoms with E-state index in [0.29, 0.717) is 18.9 Å². The van der Waals surface area contributed by atoms with Gasteiger partial charge in [0.05, 0.1) is 12.5 Å². The normalized spacial score (nSPS) is 26.2. The fourth-order valence-electron chi connectivity index (χ4n) is 5.00. The highest BCUT2D eigenvalue weighted by molar-refractivity contribution is 5.81. The lowest BCUT2D eigenvalue weighted by molar-refractivity contribution is -0.140. The SMILES string of the molecule is CC(C)CN1CC2(CCN(C(=O)[C@@H]3CCCN(CC(N)=O)C3)CC2)CC1=O. The van der Waals surface area contributed by atoms with Crippen molar-refractivity contribution in [1.82, 2.24) is 14.7 Å². The zero-order valence-corrected chi connectivity index (χ0v) is 16.8. The number of hydrogen-bond donors (Lipinski definition) is 1. The summed E-state index contributed by atoms with van der Waals surface area (Å²) in [6.07, 6.45) is 4.28. The van der Waals surface area contributed by atoms with E-state index in [1.807, 2.05) is 14.7 Å². The van der Waals surface area contributed by atoms with Gasteiger partial charge in [-0.25, -0.2) is 0 Å². The lowest BCUT2D eigenvalue weighted by atomic mass is 9.77. The van der Waals surface area contributed by atoms with E-state index in [9.17, 15) is 14.4 Å². The van der Waals surface area contributed by atoms with Crippen LogP contribution in [0.5, 0.6) is 0 Å². The largest absolute Gasteiger partial charge is 0.369 e. The van der Waals surface area contributed by atoms with Crippen molar-refractivity contribution in [1.29, 1.82) is 0 Å². The molecule has 3 amide bonds. The lowest BCUT2D eigenvalue weighted by Crippen LogP contribution is -2.50. The minimum atomic E-state index is -0.333. The zero-order chi connectivity index (χ0) is 19.6. The summed E-state index contributed by atoms with van der Waals surface area (Å²) >= 11 is 0. The molecule has 0 saturated carbocycles. The van der Waals surface area contributed by atoms with Crippen LogP contribution in [0.1, 0.15) is 46.0 Å². The molecule has 3 saturated heterocycles. The van der Waals surface area contributed by atoms with Crippen molar-refractivity contribution in [3.8, 4) is 0 Å². The van der Waals surface area contributed by atoms with Gasteiger partial charge in [0, 0.05) is 44.6 Å². The fourth-order valence-corrected chi connectivity index (χ4v) is 5.00. The molecular formula is C20H34N4O3. The van der Waals surface area contributed by atoms with Crippen molar-refractivity contribution in [2.75, 3.05) is 45.8 Å². The molecule has 0 aromatic heterocycles. The molecule has 2 N–H and O–H groups in total. The molecule has 3 aliphatic rings. The molecule has 152 valence electrons. The molecule has 3 aliphatic heterocycles. The van der Waals surface area contributed by atoms with Gasteiger partial charge in [0.15, 0.2) is 0 Å². The quantitative estimate of drug-likeness (QED) is 0.762. The highest BCUT2D eigenvalue weighted by atomic mass is 16.2. The number of hydrogen-bond acceptors (Lipinski definition) is 4. The second-order valence-corrected chi connectivity index (χ2v) is 9.21. The first-order valence-electron chi connectivity index (χ1n) is 10.4. The molecule has 3 fully saturated rings.